The van der Waals surface area contributed by atoms with E-state index >= 15 is 0 Å². The van der Waals surface area contributed by atoms with Crippen LogP contribution in [-0.2, 0) is 11.2 Å². The molecule has 27 heavy (non-hydrogen) atoms. The van der Waals surface area contributed by atoms with Crippen molar-refractivity contribution < 1.29 is 14.3 Å². The second-order valence-electron chi connectivity index (χ2n) is 6.20. The maximum absolute atomic E-state index is 12.4. The number of carbonyl (C=O) groups excluding carboxylic acids is 1. The summed E-state index contributed by atoms with van der Waals surface area (Å²) < 4.78 is 11.6. The molecule has 0 atom stereocenters. The van der Waals surface area contributed by atoms with Crippen LogP contribution >= 0.6 is 23.1 Å². The lowest BCUT2D eigenvalue weighted by Crippen LogP contribution is -2.14. The standard InChI is InChI=1S/C20H22N2O3S2/c1-12(2)26-14-7-5-13(6-8-14)11-17(23)21-20-22-18-15(24-3)9-10-16(25-4)19(18)27-20/h5-10,12H,11H2,1-4H3,(H,21,22,23). The van der Waals surface area contributed by atoms with Crippen molar-refractivity contribution in [2.24, 2.45) is 0 Å². The van der Waals surface area contributed by atoms with Crippen molar-refractivity contribution >= 4 is 44.4 Å². The smallest absolute Gasteiger partial charge is 0.230 e. The zero-order valence-corrected chi connectivity index (χ0v) is 17.4. The molecule has 5 nitrogen and oxygen atoms in total. The first-order valence-electron chi connectivity index (χ1n) is 8.57. The highest BCUT2D eigenvalue weighted by Gasteiger charge is 2.15. The average molecular weight is 403 g/mol. The summed E-state index contributed by atoms with van der Waals surface area (Å²) in [6.45, 7) is 4.32. The summed E-state index contributed by atoms with van der Waals surface area (Å²) in [6, 6.07) is 11.7. The molecule has 1 heterocycles. The summed E-state index contributed by atoms with van der Waals surface area (Å²) in [7, 11) is 3.21. The minimum absolute atomic E-state index is 0.101. The molecule has 0 fully saturated rings. The molecule has 2 aromatic carbocycles. The lowest BCUT2D eigenvalue weighted by atomic mass is 10.1. The van der Waals surface area contributed by atoms with E-state index in [2.05, 4.69) is 36.3 Å². The van der Waals surface area contributed by atoms with Crippen LogP contribution in [0.5, 0.6) is 11.5 Å². The van der Waals surface area contributed by atoms with Crippen LogP contribution in [0.3, 0.4) is 0 Å². The van der Waals surface area contributed by atoms with E-state index in [4.69, 9.17) is 9.47 Å². The zero-order valence-electron chi connectivity index (χ0n) is 15.7. The lowest BCUT2D eigenvalue weighted by Gasteiger charge is -2.06. The van der Waals surface area contributed by atoms with E-state index in [0.29, 0.717) is 33.8 Å². The predicted molar refractivity (Wildman–Crippen MR) is 112 cm³/mol. The molecule has 0 radical (unpaired) electrons. The van der Waals surface area contributed by atoms with Gasteiger partial charge in [-0.3, -0.25) is 4.79 Å². The van der Waals surface area contributed by atoms with Crippen LogP contribution < -0.4 is 14.8 Å². The van der Waals surface area contributed by atoms with Crippen molar-refractivity contribution in [3.05, 3.63) is 42.0 Å². The third-order valence-electron chi connectivity index (χ3n) is 3.82. The molecule has 7 heteroatoms. The number of nitrogens with one attached hydrogen (secondary N) is 1. The van der Waals surface area contributed by atoms with Crippen molar-refractivity contribution in [3.8, 4) is 11.5 Å². The number of thiazole rings is 1. The third-order valence-corrected chi connectivity index (χ3v) is 5.82. The summed E-state index contributed by atoms with van der Waals surface area (Å²) in [5.41, 5.74) is 1.66. The second kappa shape index (κ2) is 8.63. The predicted octanol–water partition coefficient (Wildman–Crippen LogP) is 5.00. The Morgan fingerprint density at radius 2 is 1.78 bits per heavy atom. The number of fused-ring (bicyclic) bond motifs is 1. The van der Waals surface area contributed by atoms with Gasteiger partial charge in [-0.1, -0.05) is 37.3 Å². The van der Waals surface area contributed by atoms with Crippen LogP contribution in [0, 0.1) is 0 Å². The first-order chi connectivity index (χ1) is 13.0. The van der Waals surface area contributed by atoms with Gasteiger partial charge in [0.25, 0.3) is 0 Å². The largest absolute Gasteiger partial charge is 0.495 e. The monoisotopic (exact) mass is 402 g/mol. The van der Waals surface area contributed by atoms with E-state index < -0.39 is 0 Å². The number of benzene rings is 2. The van der Waals surface area contributed by atoms with Crippen LogP contribution in [0.25, 0.3) is 10.2 Å². The van der Waals surface area contributed by atoms with Gasteiger partial charge in [0.1, 0.15) is 21.7 Å². The van der Waals surface area contributed by atoms with Gasteiger partial charge in [-0.05, 0) is 29.8 Å². The molecule has 3 rings (SSSR count). The molecule has 0 saturated heterocycles. The SMILES string of the molecule is COc1ccc(OC)c2sc(NC(=O)Cc3ccc(SC(C)C)cc3)nc12. The molecule has 0 saturated carbocycles. The number of nitrogens with zero attached hydrogens (tertiary/aromatic N) is 1. The van der Waals surface area contributed by atoms with Crippen LogP contribution in [0.15, 0.2) is 41.3 Å². The molecule has 1 amide bonds. The summed E-state index contributed by atoms with van der Waals surface area (Å²) in [5, 5.41) is 3.95. The highest BCUT2D eigenvalue weighted by Crippen LogP contribution is 2.38. The third kappa shape index (κ3) is 4.73. The van der Waals surface area contributed by atoms with Gasteiger partial charge in [0.05, 0.1) is 20.6 Å². The van der Waals surface area contributed by atoms with Gasteiger partial charge in [-0.15, -0.1) is 11.8 Å². The summed E-state index contributed by atoms with van der Waals surface area (Å²) >= 11 is 3.18. The highest BCUT2D eigenvalue weighted by molar-refractivity contribution is 7.99. The van der Waals surface area contributed by atoms with Gasteiger partial charge in [-0.2, -0.15) is 0 Å². The molecule has 0 aliphatic carbocycles. The Labute approximate surface area is 167 Å². The maximum atomic E-state index is 12.4. The van der Waals surface area contributed by atoms with Crippen LogP contribution in [-0.4, -0.2) is 30.4 Å². The normalized spacial score (nSPS) is 11.0. The van der Waals surface area contributed by atoms with Gasteiger partial charge in [0.2, 0.25) is 5.91 Å². The van der Waals surface area contributed by atoms with E-state index in [1.807, 2.05) is 24.3 Å². The van der Waals surface area contributed by atoms with E-state index in [9.17, 15) is 4.79 Å². The molecule has 142 valence electrons. The molecular weight excluding hydrogens is 380 g/mol. The van der Waals surface area contributed by atoms with E-state index in [-0.39, 0.29) is 5.91 Å². The minimum atomic E-state index is -0.101. The summed E-state index contributed by atoms with van der Waals surface area (Å²) in [4.78, 5) is 18.1. The molecule has 1 N–H and O–H groups in total. The van der Waals surface area contributed by atoms with Gasteiger partial charge < -0.3 is 14.8 Å². The molecule has 0 aliphatic heterocycles. The van der Waals surface area contributed by atoms with Gasteiger partial charge >= 0.3 is 0 Å². The molecule has 0 aliphatic rings. The minimum Gasteiger partial charge on any atom is -0.495 e. The molecule has 0 spiro atoms. The van der Waals surface area contributed by atoms with Crippen LogP contribution in [0.1, 0.15) is 19.4 Å². The lowest BCUT2D eigenvalue weighted by molar-refractivity contribution is -0.115. The van der Waals surface area contributed by atoms with Crippen molar-refractivity contribution in [1.82, 2.24) is 4.98 Å². The number of carbonyl (C=O) groups is 1. The Hall–Kier alpha value is -2.25. The van der Waals surface area contributed by atoms with Crippen molar-refractivity contribution in [1.29, 1.82) is 0 Å². The van der Waals surface area contributed by atoms with Crippen LogP contribution in [0.4, 0.5) is 5.13 Å². The molecular formula is C20H22N2O3S2. The number of rotatable bonds is 7. The Morgan fingerprint density at radius 1 is 1.11 bits per heavy atom. The van der Waals surface area contributed by atoms with E-state index in [0.717, 1.165) is 10.3 Å². The highest BCUT2D eigenvalue weighted by atomic mass is 32.2. The van der Waals surface area contributed by atoms with E-state index in [1.165, 1.54) is 16.2 Å². The van der Waals surface area contributed by atoms with E-state index in [1.54, 1.807) is 26.0 Å². The summed E-state index contributed by atoms with van der Waals surface area (Å²) in [6.07, 6.45) is 0.302. The number of amides is 1. The fourth-order valence-corrected chi connectivity index (χ4v) is 4.47. The Balaban J connectivity index is 1.72. The molecule has 1 aromatic heterocycles. The molecule has 0 bridgehead atoms. The number of anilines is 1. The van der Waals surface area contributed by atoms with Gasteiger partial charge in [0, 0.05) is 10.1 Å². The topological polar surface area (TPSA) is 60.5 Å². The second-order valence-corrected chi connectivity index (χ2v) is 8.85. The van der Waals surface area contributed by atoms with Crippen molar-refractivity contribution in [2.45, 2.75) is 30.4 Å². The van der Waals surface area contributed by atoms with Gasteiger partial charge in [-0.25, -0.2) is 4.98 Å². The molecule has 3 aromatic rings. The quantitative estimate of drug-likeness (QED) is 0.564. The zero-order chi connectivity index (χ0) is 19.4. The van der Waals surface area contributed by atoms with Crippen molar-refractivity contribution in [3.63, 3.8) is 0 Å². The average Bonchev–Trinajstić information content (AvgIpc) is 3.05. The summed E-state index contributed by atoms with van der Waals surface area (Å²) in [5.74, 6) is 1.26. The van der Waals surface area contributed by atoms with Gasteiger partial charge in [0.15, 0.2) is 5.13 Å². The first kappa shape index (κ1) is 19.5. The van der Waals surface area contributed by atoms with Crippen molar-refractivity contribution in [2.75, 3.05) is 19.5 Å². The Morgan fingerprint density at radius 3 is 2.41 bits per heavy atom. The maximum Gasteiger partial charge on any atom is 0.230 e. The number of ether oxygens (including phenoxy) is 2. The number of hydrogen-bond acceptors (Lipinski definition) is 6. The fraction of sp³-hybridized carbons (Fsp3) is 0.300. The number of methoxy groups -OCH3 is 2. The van der Waals surface area contributed by atoms with Crippen LogP contribution in [0.2, 0.25) is 0 Å². The fourth-order valence-electron chi connectivity index (χ4n) is 2.65. The Bertz CT molecular complexity index is 895. The first-order valence-corrected chi connectivity index (χ1v) is 10.3. The number of aromatic nitrogens is 1. The number of hydrogen-bond donors (Lipinski definition) is 1. The molecule has 0 unspecified atom stereocenters. The number of thioether (sulfide) groups is 1. The Kier molecular flexibility index (Phi) is 6.23.